The van der Waals surface area contributed by atoms with Gasteiger partial charge in [-0.25, -0.2) is 13.1 Å². The summed E-state index contributed by atoms with van der Waals surface area (Å²) >= 11 is 0. The predicted molar refractivity (Wildman–Crippen MR) is 77.8 cm³/mol. The Morgan fingerprint density at radius 2 is 1.80 bits per heavy atom. The van der Waals surface area contributed by atoms with Gasteiger partial charge < -0.3 is 10.5 Å². The van der Waals surface area contributed by atoms with Crippen molar-refractivity contribution in [3.8, 4) is 0 Å². The van der Waals surface area contributed by atoms with Crippen LogP contribution in [0.3, 0.4) is 0 Å². The standard InChI is InChI=1S/C14H22N2O3S/c15-12-6-8-13(9-7-12)19-11-10-16-20(17,18)14-4-2-1-3-5-14/h1-5,12-13,16H,6-11,15H2. The van der Waals surface area contributed by atoms with E-state index < -0.39 is 10.0 Å². The minimum atomic E-state index is -3.42. The number of nitrogens with one attached hydrogen (secondary N) is 1. The molecule has 0 unspecified atom stereocenters. The highest BCUT2D eigenvalue weighted by atomic mass is 32.2. The lowest BCUT2D eigenvalue weighted by Gasteiger charge is -2.26. The summed E-state index contributed by atoms with van der Waals surface area (Å²) in [6, 6.07) is 8.64. The molecule has 0 amide bonds. The molecular formula is C14H22N2O3S. The summed E-state index contributed by atoms with van der Waals surface area (Å²) in [5.41, 5.74) is 5.83. The van der Waals surface area contributed by atoms with Crippen LogP contribution in [0.2, 0.25) is 0 Å². The zero-order valence-corrected chi connectivity index (χ0v) is 12.3. The van der Waals surface area contributed by atoms with Crippen LogP contribution in [0, 0.1) is 0 Å². The van der Waals surface area contributed by atoms with Crippen molar-refractivity contribution in [3.05, 3.63) is 30.3 Å². The van der Waals surface area contributed by atoms with Crippen molar-refractivity contribution in [3.63, 3.8) is 0 Å². The lowest BCUT2D eigenvalue weighted by Crippen LogP contribution is -2.33. The van der Waals surface area contributed by atoms with Crippen LogP contribution >= 0.6 is 0 Å². The third kappa shape index (κ3) is 4.56. The van der Waals surface area contributed by atoms with Crippen molar-refractivity contribution in [1.82, 2.24) is 4.72 Å². The summed E-state index contributed by atoms with van der Waals surface area (Å²) in [6.45, 7) is 0.686. The fourth-order valence-electron chi connectivity index (χ4n) is 2.34. The molecule has 20 heavy (non-hydrogen) atoms. The highest BCUT2D eigenvalue weighted by molar-refractivity contribution is 7.89. The van der Waals surface area contributed by atoms with Gasteiger partial charge in [0.15, 0.2) is 0 Å². The van der Waals surface area contributed by atoms with Crippen molar-refractivity contribution in [2.24, 2.45) is 5.73 Å². The van der Waals surface area contributed by atoms with Gasteiger partial charge in [-0.15, -0.1) is 0 Å². The van der Waals surface area contributed by atoms with E-state index in [1.54, 1.807) is 30.3 Å². The molecule has 112 valence electrons. The van der Waals surface area contributed by atoms with E-state index in [-0.39, 0.29) is 11.0 Å². The largest absolute Gasteiger partial charge is 0.377 e. The van der Waals surface area contributed by atoms with Crippen LogP contribution in [0.25, 0.3) is 0 Å². The van der Waals surface area contributed by atoms with Crippen LogP contribution in [0.5, 0.6) is 0 Å². The Balaban J connectivity index is 1.71. The van der Waals surface area contributed by atoms with Gasteiger partial charge in [-0.1, -0.05) is 18.2 Å². The van der Waals surface area contributed by atoms with E-state index in [1.807, 2.05) is 0 Å². The maximum absolute atomic E-state index is 11.9. The minimum absolute atomic E-state index is 0.219. The molecule has 1 fully saturated rings. The molecule has 0 aliphatic heterocycles. The van der Waals surface area contributed by atoms with Crippen molar-refractivity contribution >= 4 is 10.0 Å². The number of hydrogen-bond donors (Lipinski definition) is 2. The van der Waals surface area contributed by atoms with E-state index in [0.717, 1.165) is 25.7 Å². The van der Waals surface area contributed by atoms with Gasteiger partial charge in [0.2, 0.25) is 10.0 Å². The molecule has 1 aromatic carbocycles. The second kappa shape index (κ2) is 7.17. The molecule has 0 spiro atoms. The first-order chi connectivity index (χ1) is 9.58. The van der Waals surface area contributed by atoms with Crippen molar-refractivity contribution in [2.75, 3.05) is 13.2 Å². The van der Waals surface area contributed by atoms with Crippen LogP contribution in [0.4, 0.5) is 0 Å². The number of sulfonamides is 1. The lowest BCUT2D eigenvalue weighted by atomic mass is 9.94. The molecule has 0 saturated heterocycles. The third-order valence-corrected chi connectivity index (χ3v) is 5.00. The number of benzene rings is 1. The maximum atomic E-state index is 11.9. The topological polar surface area (TPSA) is 81.4 Å². The van der Waals surface area contributed by atoms with Crippen LogP contribution in [-0.2, 0) is 14.8 Å². The second-order valence-corrected chi connectivity index (χ2v) is 6.89. The Morgan fingerprint density at radius 3 is 2.45 bits per heavy atom. The molecule has 0 radical (unpaired) electrons. The Bertz CT molecular complexity index is 496. The molecule has 0 bridgehead atoms. The molecule has 2 rings (SSSR count). The summed E-state index contributed by atoms with van der Waals surface area (Å²) in [4.78, 5) is 0.281. The molecule has 0 aromatic heterocycles. The van der Waals surface area contributed by atoms with Crippen LogP contribution < -0.4 is 10.5 Å². The Hall–Kier alpha value is -0.950. The number of nitrogens with two attached hydrogens (primary N) is 1. The third-order valence-electron chi connectivity index (χ3n) is 3.52. The van der Waals surface area contributed by atoms with Crippen LogP contribution in [0.1, 0.15) is 25.7 Å². The van der Waals surface area contributed by atoms with Gasteiger partial charge in [0.25, 0.3) is 0 Å². The zero-order chi connectivity index (χ0) is 14.4. The molecule has 3 N–H and O–H groups in total. The quantitative estimate of drug-likeness (QED) is 0.775. The maximum Gasteiger partial charge on any atom is 0.240 e. The SMILES string of the molecule is NC1CCC(OCCNS(=O)(=O)c2ccccc2)CC1. The van der Waals surface area contributed by atoms with Gasteiger partial charge in [-0.3, -0.25) is 0 Å². The summed E-state index contributed by atoms with van der Waals surface area (Å²) in [5, 5.41) is 0. The van der Waals surface area contributed by atoms with Gasteiger partial charge in [0, 0.05) is 12.6 Å². The molecule has 5 nitrogen and oxygen atoms in total. The molecule has 1 aliphatic carbocycles. The average Bonchev–Trinajstić information content (AvgIpc) is 2.46. The van der Waals surface area contributed by atoms with E-state index in [1.165, 1.54) is 0 Å². The molecule has 1 aliphatic rings. The fourth-order valence-corrected chi connectivity index (χ4v) is 3.37. The van der Waals surface area contributed by atoms with Gasteiger partial charge in [-0.05, 0) is 37.8 Å². The monoisotopic (exact) mass is 298 g/mol. The first-order valence-electron chi connectivity index (χ1n) is 7.00. The highest BCUT2D eigenvalue weighted by Gasteiger charge is 2.19. The minimum Gasteiger partial charge on any atom is -0.377 e. The molecule has 1 saturated carbocycles. The molecule has 0 atom stereocenters. The zero-order valence-electron chi connectivity index (χ0n) is 11.5. The first kappa shape index (κ1) is 15.4. The van der Waals surface area contributed by atoms with E-state index >= 15 is 0 Å². The summed E-state index contributed by atoms with van der Waals surface area (Å²) < 4.78 is 32.1. The fraction of sp³-hybridized carbons (Fsp3) is 0.571. The lowest BCUT2D eigenvalue weighted by molar-refractivity contribution is 0.0287. The average molecular weight is 298 g/mol. The van der Waals surface area contributed by atoms with Gasteiger partial charge >= 0.3 is 0 Å². The smallest absolute Gasteiger partial charge is 0.240 e. The Labute approximate surface area is 120 Å². The van der Waals surface area contributed by atoms with Crippen molar-refractivity contribution < 1.29 is 13.2 Å². The summed E-state index contributed by atoms with van der Waals surface area (Å²) in [7, 11) is -3.42. The van der Waals surface area contributed by atoms with E-state index in [4.69, 9.17) is 10.5 Å². The number of rotatable bonds is 6. The predicted octanol–water partition coefficient (Wildman–Crippen LogP) is 1.25. The first-order valence-corrected chi connectivity index (χ1v) is 8.48. The Kier molecular flexibility index (Phi) is 5.54. The van der Waals surface area contributed by atoms with Gasteiger partial charge in [-0.2, -0.15) is 0 Å². The van der Waals surface area contributed by atoms with Gasteiger partial charge in [0.1, 0.15) is 0 Å². The number of ether oxygens (including phenoxy) is 1. The normalized spacial score (nSPS) is 23.6. The van der Waals surface area contributed by atoms with E-state index in [0.29, 0.717) is 19.2 Å². The van der Waals surface area contributed by atoms with Gasteiger partial charge in [0.05, 0.1) is 17.6 Å². The van der Waals surface area contributed by atoms with Crippen LogP contribution in [-0.4, -0.2) is 33.7 Å². The highest BCUT2D eigenvalue weighted by Crippen LogP contribution is 2.19. The van der Waals surface area contributed by atoms with Crippen molar-refractivity contribution in [1.29, 1.82) is 0 Å². The summed E-state index contributed by atoms with van der Waals surface area (Å²) in [6.07, 6.45) is 4.12. The molecule has 1 aromatic rings. The van der Waals surface area contributed by atoms with E-state index in [2.05, 4.69) is 4.72 Å². The summed E-state index contributed by atoms with van der Waals surface area (Å²) in [5.74, 6) is 0. The molecular weight excluding hydrogens is 276 g/mol. The number of hydrogen-bond acceptors (Lipinski definition) is 4. The Morgan fingerprint density at radius 1 is 1.15 bits per heavy atom. The second-order valence-electron chi connectivity index (χ2n) is 5.12. The van der Waals surface area contributed by atoms with Crippen molar-refractivity contribution in [2.45, 2.75) is 42.7 Å². The van der Waals surface area contributed by atoms with Crippen LogP contribution in [0.15, 0.2) is 35.2 Å². The molecule has 6 heteroatoms. The molecule has 0 heterocycles. The van der Waals surface area contributed by atoms with E-state index in [9.17, 15) is 8.42 Å².